The number of hydrogen-bond acceptors (Lipinski definition) is 6. The van der Waals surface area contributed by atoms with Crippen molar-refractivity contribution in [2.24, 2.45) is 7.05 Å². The van der Waals surface area contributed by atoms with Crippen molar-refractivity contribution in [3.05, 3.63) is 35.7 Å². The van der Waals surface area contributed by atoms with Crippen LogP contribution in [0.15, 0.2) is 29.4 Å². The predicted octanol–water partition coefficient (Wildman–Crippen LogP) is 2.34. The lowest BCUT2D eigenvalue weighted by Gasteiger charge is -2.16. The van der Waals surface area contributed by atoms with Crippen LogP contribution < -0.4 is 15.4 Å². The monoisotopic (exact) mass is 431 g/mol. The Hall–Kier alpha value is -2.55. The Kier molecular flexibility index (Phi) is 7.73. The van der Waals surface area contributed by atoms with E-state index in [0.29, 0.717) is 35.5 Å². The van der Waals surface area contributed by atoms with Crippen molar-refractivity contribution in [1.29, 1.82) is 0 Å². The van der Waals surface area contributed by atoms with Gasteiger partial charge in [0.05, 0.1) is 12.4 Å². The third-order valence-corrected chi connectivity index (χ3v) is 6.40. The first-order valence-corrected chi connectivity index (χ1v) is 11.1. The first-order valence-electron chi connectivity index (χ1n) is 10.3. The predicted molar refractivity (Wildman–Crippen MR) is 116 cm³/mol. The molecule has 1 aromatic heterocycles. The minimum absolute atomic E-state index is 0.0446. The summed E-state index contributed by atoms with van der Waals surface area (Å²) < 4.78 is 6.98. The zero-order chi connectivity index (χ0) is 21.5. The molecule has 0 aliphatic heterocycles. The number of nitrogens with one attached hydrogen (secondary N) is 2. The minimum atomic E-state index is -0.240. The average molecular weight is 432 g/mol. The number of benzene rings is 1. The van der Waals surface area contributed by atoms with E-state index in [-0.39, 0.29) is 17.1 Å². The molecule has 3 rings (SSSR count). The molecule has 30 heavy (non-hydrogen) atoms. The van der Waals surface area contributed by atoms with Crippen LogP contribution >= 0.6 is 11.8 Å². The molecule has 0 bridgehead atoms. The lowest BCUT2D eigenvalue weighted by atomic mass is 10.2. The van der Waals surface area contributed by atoms with Gasteiger partial charge >= 0.3 is 0 Å². The van der Waals surface area contributed by atoms with Crippen LogP contribution in [0.5, 0.6) is 5.75 Å². The van der Waals surface area contributed by atoms with Gasteiger partial charge in [-0.25, -0.2) is 0 Å². The number of aromatic nitrogens is 3. The summed E-state index contributed by atoms with van der Waals surface area (Å²) in [6.07, 6.45) is 5.07. The minimum Gasteiger partial charge on any atom is -0.497 e. The van der Waals surface area contributed by atoms with E-state index in [4.69, 9.17) is 4.74 Å². The largest absolute Gasteiger partial charge is 0.497 e. The first kappa shape index (κ1) is 22.1. The fourth-order valence-corrected chi connectivity index (χ4v) is 4.24. The van der Waals surface area contributed by atoms with Crippen molar-refractivity contribution in [2.75, 3.05) is 13.7 Å². The van der Waals surface area contributed by atoms with E-state index in [1.807, 2.05) is 18.5 Å². The normalized spacial score (nSPS) is 15.0. The van der Waals surface area contributed by atoms with Crippen LogP contribution in [-0.4, -0.2) is 51.5 Å². The van der Waals surface area contributed by atoms with Gasteiger partial charge in [-0.15, -0.1) is 10.2 Å². The van der Waals surface area contributed by atoms with E-state index in [1.165, 1.54) is 24.6 Å². The van der Waals surface area contributed by atoms with Gasteiger partial charge in [0.15, 0.2) is 5.16 Å². The van der Waals surface area contributed by atoms with Crippen LogP contribution in [0.3, 0.4) is 0 Å². The highest BCUT2D eigenvalue weighted by Crippen LogP contribution is 2.23. The lowest BCUT2D eigenvalue weighted by Crippen LogP contribution is -2.37. The first-order chi connectivity index (χ1) is 14.5. The molecule has 8 nitrogen and oxygen atoms in total. The number of thioether (sulfide) groups is 1. The van der Waals surface area contributed by atoms with Crippen molar-refractivity contribution in [1.82, 2.24) is 25.4 Å². The Bertz CT molecular complexity index is 862. The van der Waals surface area contributed by atoms with Crippen molar-refractivity contribution in [3.8, 4) is 5.75 Å². The zero-order valence-electron chi connectivity index (χ0n) is 17.7. The van der Waals surface area contributed by atoms with E-state index in [1.54, 1.807) is 31.4 Å². The smallest absolute Gasteiger partial charge is 0.251 e. The number of hydrogen-bond donors (Lipinski definition) is 2. The van der Waals surface area contributed by atoms with Gasteiger partial charge in [0, 0.05) is 31.6 Å². The molecule has 2 N–H and O–H groups in total. The highest BCUT2D eigenvalue weighted by Gasteiger charge is 2.23. The Morgan fingerprint density at radius 1 is 1.23 bits per heavy atom. The molecular weight excluding hydrogens is 402 g/mol. The maximum Gasteiger partial charge on any atom is 0.251 e. The molecule has 0 radical (unpaired) electrons. The molecule has 2 amide bonds. The standard InChI is InChI=1S/C21H29N5O3S/c1-14(19(27)23-16-6-4-5-7-16)30-21-25-24-18(26(21)2)12-13-22-20(28)15-8-10-17(29-3)11-9-15/h8-11,14,16H,4-7,12-13H2,1-3H3,(H,22,28)(H,23,27)/t14-/m0/s1. The SMILES string of the molecule is COc1ccc(C(=O)NCCc2nnc(S[C@@H](C)C(=O)NC3CCCC3)n2C)cc1. The van der Waals surface area contributed by atoms with Gasteiger partial charge in [0.25, 0.3) is 5.91 Å². The summed E-state index contributed by atoms with van der Waals surface area (Å²) in [5, 5.41) is 14.9. The Morgan fingerprint density at radius 2 is 1.93 bits per heavy atom. The lowest BCUT2D eigenvalue weighted by molar-refractivity contribution is -0.120. The Labute approximate surface area is 181 Å². The summed E-state index contributed by atoms with van der Waals surface area (Å²) in [7, 11) is 3.47. The second-order valence-electron chi connectivity index (χ2n) is 7.44. The van der Waals surface area contributed by atoms with Gasteiger partial charge in [-0.05, 0) is 44.0 Å². The van der Waals surface area contributed by atoms with Gasteiger partial charge in [-0.2, -0.15) is 0 Å². The van der Waals surface area contributed by atoms with Crippen molar-refractivity contribution in [2.45, 2.75) is 55.5 Å². The molecule has 1 heterocycles. The van der Waals surface area contributed by atoms with E-state index >= 15 is 0 Å². The quantitative estimate of drug-likeness (QED) is 0.592. The average Bonchev–Trinajstić information content (AvgIpc) is 3.38. The third kappa shape index (κ3) is 5.75. The van der Waals surface area contributed by atoms with Gasteiger partial charge in [-0.1, -0.05) is 24.6 Å². The second kappa shape index (κ2) is 10.5. The zero-order valence-corrected chi connectivity index (χ0v) is 18.5. The van der Waals surface area contributed by atoms with E-state index < -0.39 is 0 Å². The Balaban J connectivity index is 1.47. The topological polar surface area (TPSA) is 98.1 Å². The van der Waals surface area contributed by atoms with Gasteiger partial charge in [0.1, 0.15) is 11.6 Å². The van der Waals surface area contributed by atoms with Crippen LogP contribution in [0.2, 0.25) is 0 Å². The van der Waals surface area contributed by atoms with Gasteiger partial charge in [-0.3, -0.25) is 9.59 Å². The summed E-state index contributed by atoms with van der Waals surface area (Å²) in [4.78, 5) is 24.6. The summed E-state index contributed by atoms with van der Waals surface area (Å²) >= 11 is 1.40. The maximum atomic E-state index is 12.4. The summed E-state index contributed by atoms with van der Waals surface area (Å²) in [6.45, 7) is 2.33. The molecule has 0 unspecified atom stereocenters. The molecule has 0 spiro atoms. The fraction of sp³-hybridized carbons (Fsp3) is 0.524. The van der Waals surface area contributed by atoms with Crippen LogP contribution in [0.4, 0.5) is 0 Å². The maximum absolute atomic E-state index is 12.4. The molecule has 0 saturated heterocycles. The third-order valence-electron chi connectivity index (χ3n) is 5.26. The molecular formula is C21H29N5O3S. The molecule has 2 aromatic rings. The van der Waals surface area contributed by atoms with Crippen molar-refractivity contribution < 1.29 is 14.3 Å². The van der Waals surface area contributed by atoms with Crippen molar-refractivity contribution >= 4 is 23.6 Å². The molecule has 1 aliphatic rings. The number of ether oxygens (including phenoxy) is 1. The van der Waals surface area contributed by atoms with Crippen molar-refractivity contribution in [3.63, 3.8) is 0 Å². The van der Waals surface area contributed by atoms with Gasteiger partial charge < -0.3 is 19.9 Å². The molecule has 1 aromatic carbocycles. The summed E-state index contributed by atoms with van der Waals surface area (Å²) in [5.74, 6) is 1.37. The van der Waals surface area contributed by atoms with Crippen LogP contribution in [-0.2, 0) is 18.3 Å². The fourth-order valence-electron chi connectivity index (χ4n) is 3.40. The molecule has 162 valence electrons. The van der Waals surface area contributed by atoms with E-state index in [9.17, 15) is 9.59 Å². The number of carbonyl (C=O) groups excluding carboxylic acids is 2. The van der Waals surface area contributed by atoms with E-state index in [2.05, 4.69) is 20.8 Å². The molecule has 1 saturated carbocycles. The van der Waals surface area contributed by atoms with Crippen LogP contribution in [0.1, 0.15) is 48.8 Å². The van der Waals surface area contributed by atoms with Gasteiger partial charge in [0.2, 0.25) is 5.91 Å². The Morgan fingerprint density at radius 3 is 2.60 bits per heavy atom. The second-order valence-corrected chi connectivity index (χ2v) is 8.75. The highest BCUT2D eigenvalue weighted by atomic mass is 32.2. The molecule has 9 heteroatoms. The molecule has 1 aliphatic carbocycles. The molecule has 1 fully saturated rings. The summed E-state index contributed by atoms with van der Waals surface area (Å²) in [6, 6.07) is 7.27. The number of methoxy groups -OCH3 is 1. The number of nitrogens with zero attached hydrogens (tertiary/aromatic N) is 3. The van der Waals surface area contributed by atoms with E-state index in [0.717, 1.165) is 18.7 Å². The number of carbonyl (C=O) groups is 2. The summed E-state index contributed by atoms with van der Waals surface area (Å²) in [5.41, 5.74) is 0.576. The number of rotatable bonds is 9. The van der Waals surface area contributed by atoms with Crippen LogP contribution in [0.25, 0.3) is 0 Å². The molecule has 1 atom stereocenters. The van der Waals surface area contributed by atoms with Crippen LogP contribution in [0, 0.1) is 0 Å². The number of amides is 2. The highest BCUT2D eigenvalue weighted by molar-refractivity contribution is 8.00.